The first-order valence-corrected chi connectivity index (χ1v) is 39.0. The number of aliphatic hydroxyl groups is 1. The van der Waals surface area contributed by atoms with Crippen molar-refractivity contribution in [3.8, 4) is 5.75 Å². The maximum Gasteiger partial charge on any atom is 0.245 e. The predicted molar refractivity (Wildman–Crippen MR) is 414 cm³/mol. The summed E-state index contributed by atoms with van der Waals surface area (Å²) in [4.78, 5) is 216. The van der Waals surface area contributed by atoms with E-state index in [4.69, 9.17) is 45.2 Å². The Morgan fingerprint density at radius 2 is 1.21 bits per heavy atom. The van der Waals surface area contributed by atoms with Crippen LogP contribution in [-0.2, 0) is 84.8 Å². The summed E-state index contributed by atoms with van der Waals surface area (Å²) < 4.78 is 0. The third-order valence-corrected chi connectivity index (χ3v) is 20.6. The number of guanidine groups is 2. The van der Waals surface area contributed by atoms with Crippen LogP contribution in [0.4, 0.5) is 0 Å². The molecule has 40 nitrogen and oxygen atoms in total. The first-order chi connectivity index (χ1) is 52.8. The summed E-state index contributed by atoms with van der Waals surface area (Å²) in [6, 6.07) is -7.53. The number of hydrogen-bond acceptors (Lipinski definition) is 22. The highest BCUT2D eigenvalue weighted by molar-refractivity contribution is 8.76. The maximum absolute atomic E-state index is 15.0. The molecule has 616 valence electrons. The number of rotatable bonds is 36. The fraction of sp³-hybridized carbons (Fsp3) is 0.557. The summed E-state index contributed by atoms with van der Waals surface area (Å²) >= 11 is 0. The van der Waals surface area contributed by atoms with Gasteiger partial charge in [0.2, 0.25) is 88.6 Å². The Morgan fingerprint density at radius 3 is 1.79 bits per heavy atom. The minimum Gasteiger partial charge on any atom is -0.508 e. The number of benzene rings is 2. The zero-order valence-electron chi connectivity index (χ0n) is 63.2. The molecule has 0 unspecified atom stereocenters. The lowest BCUT2D eigenvalue weighted by Crippen LogP contribution is -2.62. The second-order valence-electron chi connectivity index (χ2n) is 28.1. The highest BCUT2D eigenvalue weighted by Gasteiger charge is 2.41. The van der Waals surface area contributed by atoms with E-state index in [1.165, 1.54) is 56.9 Å². The van der Waals surface area contributed by atoms with Gasteiger partial charge in [-0.15, -0.1) is 0 Å². The lowest BCUT2D eigenvalue weighted by Gasteiger charge is -2.31. The number of carbonyl (C=O) groups excluding carboxylic acids is 15. The summed E-state index contributed by atoms with van der Waals surface area (Å²) in [5.41, 5.74) is 35.5. The van der Waals surface area contributed by atoms with Crippen molar-refractivity contribution in [2.24, 2.45) is 46.2 Å². The van der Waals surface area contributed by atoms with Crippen molar-refractivity contribution in [3.63, 3.8) is 0 Å². The molecule has 0 spiro atoms. The van der Waals surface area contributed by atoms with Crippen molar-refractivity contribution in [3.05, 3.63) is 65.9 Å². The fourth-order valence-electron chi connectivity index (χ4n) is 12.1. The molecular weight excluding hydrogens is 1500 g/mol. The number of para-hydroxylation sites is 1. The van der Waals surface area contributed by atoms with E-state index in [2.05, 4.69) is 74.1 Å². The van der Waals surface area contributed by atoms with E-state index in [1.807, 2.05) is 0 Å². The van der Waals surface area contributed by atoms with Gasteiger partial charge in [0.05, 0.1) is 18.9 Å². The molecule has 3 aromatic rings. The Bertz CT molecular complexity index is 3870. The van der Waals surface area contributed by atoms with E-state index in [0.29, 0.717) is 34.9 Å². The molecule has 0 aliphatic carbocycles. The van der Waals surface area contributed by atoms with Crippen molar-refractivity contribution in [2.45, 2.75) is 203 Å². The molecule has 0 saturated carbocycles. The number of nitrogens with one attached hydrogen (secondary N) is 16. The Kier molecular flexibility index (Phi) is 36.6. The zero-order valence-corrected chi connectivity index (χ0v) is 64.8. The van der Waals surface area contributed by atoms with Gasteiger partial charge in [0.1, 0.15) is 84.3 Å². The first-order valence-electron chi connectivity index (χ1n) is 36.5. The van der Waals surface area contributed by atoms with Crippen LogP contribution in [0.1, 0.15) is 117 Å². The summed E-state index contributed by atoms with van der Waals surface area (Å²) in [5, 5.41) is 69.5. The van der Waals surface area contributed by atoms with Crippen molar-refractivity contribution >= 4 is 133 Å². The van der Waals surface area contributed by atoms with Gasteiger partial charge in [0.15, 0.2) is 11.9 Å². The number of aliphatic hydroxyl groups excluding tert-OH is 1. The lowest BCUT2D eigenvalue weighted by atomic mass is 10.0. The van der Waals surface area contributed by atoms with Crippen molar-refractivity contribution in [2.75, 3.05) is 31.1 Å². The normalized spacial score (nSPS) is 20.1. The second-order valence-corrected chi connectivity index (χ2v) is 30.8. The minimum absolute atomic E-state index is 0.00408. The van der Waals surface area contributed by atoms with Crippen LogP contribution in [-0.4, -0.2) is 236 Å². The Morgan fingerprint density at radius 1 is 0.625 bits per heavy atom. The molecule has 2 fully saturated rings. The van der Waals surface area contributed by atoms with Crippen LogP contribution >= 0.6 is 21.6 Å². The predicted octanol–water partition coefficient (Wildman–Crippen LogP) is -6.04. The monoisotopic (exact) mass is 1610 g/mol. The number of nitrogens with two attached hydrogens (primary N) is 6. The molecule has 2 aliphatic rings. The number of carbonyl (C=O) groups is 15. The number of H-pyrrole nitrogens is 1. The fourth-order valence-corrected chi connectivity index (χ4v) is 14.3. The van der Waals surface area contributed by atoms with Gasteiger partial charge in [-0.2, -0.15) is 0 Å². The molecule has 42 heteroatoms. The Hall–Kier alpha value is -11.0. The number of nitrogens with zero attached hydrogens (tertiary/aromatic N) is 1. The first kappa shape index (κ1) is 91.6. The van der Waals surface area contributed by atoms with Crippen LogP contribution < -0.4 is 104 Å². The van der Waals surface area contributed by atoms with Crippen LogP contribution in [0, 0.1) is 22.7 Å². The standard InChI is InChI=1S/C70H107N23O17S2/c1-33(2)26-49(68(110)93-24-11-16-51(93)56(74)98)90-59(101)43(15-10-23-80-70(77)78)84-60(102)44-21-25-111-112-32-50(65(107)86-45(27-37-17-19-39(95)20-18-37)62(104)88-48(30-53(72)97)64(106)92-55(34(3)4)67(109)85-44)91-63(105)47(29-52(71)96)87-58(100)42(14-9-22-79-69(75)76)83-57(99)35(5)82-61(103)46(89-66(108)54(73)36(6)94)28-38-31-81-41-13-8-7-12-40(38)41/h7-8,12-13,17-20,31,33-36,42-51,54-55,81,94-95H,9-11,14-16,21-30,32,73H2,1-6H3,(H2,71,96)(H2,72,97)(H2,74,98)(H,82,103)(H,83,99)(H,84,102)(H,85,109)(H,86,107)(H,87,100)(H,88,104)(H,89,108)(H,90,101)(H,91,105)(H,92,106)(H4,75,76,79)(H4,77,78,80)/t35-,36+,42-,43-,44-,45-,46-,47-,48-,49-,50+,51-,54-,55-/m0/s1. The molecular formula is C70H107N23O17S2. The van der Waals surface area contributed by atoms with Crippen LogP contribution in [0.15, 0.2) is 54.7 Å². The van der Waals surface area contributed by atoms with E-state index >= 15 is 0 Å². The molecule has 3 heterocycles. The molecule has 2 aromatic carbocycles. The quantitative estimate of drug-likeness (QED) is 0.0112. The lowest BCUT2D eigenvalue weighted by molar-refractivity contribution is -0.141. The van der Waals surface area contributed by atoms with Crippen LogP contribution in [0.3, 0.4) is 0 Å². The summed E-state index contributed by atoms with van der Waals surface area (Å²) in [6.07, 6.45) is -1.84. The molecule has 14 atom stereocenters. The molecule has 0 bridgehead atoms. The summed E-state index contributed by atoms with van der Waals surface area (Å²) in [5.74, 6) is -17.5. The summed E-state index contributed by atoms with van der Waals surface area (Å²) in [6.45, 7) is 9.39. The van der Waals surface area contributed by atoms with Gasteiger partial charge in [-0.3, -0.25) is 82.7 Å². The number of aromatic nitrogens is 1. The molecule has 5 rings (SSSR count). The molecule has 2 saturated heterocycles. The van der Waals surface area contributed by atoms with E-state index < -0.39 is 216 Å². The number of phenolic OH excluding ortho intramolecular Hbond substituents is 1. The van der Waals surface area contributed by atoms with Gasteiger partial charge in [-0.25, -0.2) is 0 Å². The number of likely N-dealkylation sites (tertiary alicyclic amines) is 1. The van der Waals surface area contributed by atoms with E-state index in [1.54, 1.807) is 44.3 Å². The average Bonchev–Trinajstić information content (AvgIpc) is 1.61. The molecule has 2 aliphatic heterocycles. The average molecular weight is 1610 g/mol. The topological polar surface area (TPSA) is 676 Å². The smallest absolute Gasteiger partial charge is 0.245 e. The van der Waals surface area contributed by atoms with Gasteiger partial charge in [-0.1, -0.05) is 79.6 Å². The van der Waals surface area contributed by atoms with Gasteiger partial charge < -0.3 is 124 Å². The van der Waals surface area contributed by atoms with Crippen molar-refractivity contribution < 1.29 is 82.1 Å². The molecule has 112 heavy (non-hydrogen) atoms. The van der Waals surface area contributed by atoms with E-state index in [9.17, 15) is 82.1 Å². The van der Waals surface area contributed by atoms with Gasteiger partial charge in [0.25, 0.3) is 0 Å². The third-order valence-electron chi connectivity index (χ3n) is 18.1. The highest BCUT2D eigenvalue weighted by Crippen LogP contribution is 2.26. The zero-order chi connectivity index (χ0) is 83.2. The van der Waals surface area contributed by atoms with Crippen molar-refractivity contribution in [1.29, 1.82) is 10.8 Å². The number of amides is 15. The second kappa shape index (κ2) is 44.7. The molecule has 15 amide bonds. The number of phenols is 1. The number of primary amides is 3. The van der Waals surface area contributed by atoms with Gasteiger partial charge in [0, 0.05) is 61.1 Å². The van der Waals surface area contributed by atoms with Crippen LogP contribution in [0.5, 0.6) is 5.75 Å². The largest absolute Gasteiger partial charge is 0.508 e. The Labute approximate surface area is 654 Å². The van der Waals surface area contributed by atoms with E-state index in [0.717, 1.165) is 21.6 Å². The molecule has 30 N–H and O–H groups in total. The van der Waals surface area contributed by atoms with Crippen molar-refractivity contribution in [1.82, 2.24) is 79.0 Å². The SMILES string of the molecule is CC(C)C[C@H](NC(=O)[C@H](CCCNC(=N)N)NC(=O)[C@@H]1CCSSC[C@@H](NC(=O)[C@H](CC(N)=O)NC(=O)[C@H](CCCNC(=N)N)NC(=O)[C@H](C)NC(=O)[C@H](Cc2c[nH]c3ccccc23)NC(=O)[C@@H](N)[C@@H](C)O)C(=O)N[C@@H](Cc2ccc(O)cc2)C(=O)N[C@@H](CC(N)=O)C(=O)N[C@@H](C(C)C)C(=O)N1)C(=O)N1CCC[C@H]1C(N)=O. The number of hydrogen-bond donors (Lipinski definition) is 24. The minimum atomic E-state index is -1.96. The third kappa shape index (κ3) is 29.7. The Balaban J connectivity index is 1.50. The number of aromatic amines is 1. The maximum atomic E-state index is 15.0. The molecule has 0 radical (unpaired) electrons. The highest BCUT2D eigenvalue weighted by atomic mass is 33.1. The van der Waals surface area contributed by atoms with Crippen LogP contribution in [0.25, 0.3) is 10.9 Å². The van der Waals surface area contributed by atoms with E-state index in [-0.39, 0.29) is 82.0 Å². The van der Waals surface area contributed by atoms with Gasteiger partial charge in [-0.05, 0) is 106 Å². The van der Waals surface area contributed by atoms with Gasteiger partial charge >= 0.3 is 0 Å². The number of aromatic hydroxyl groups is 1. The molecule has 1 aromatic heterocycles. The summed E-state index contributed by atoms with van der Waals surface area (Å²) in [7, 11) is 1.88. The number of fused-ring (bicyclic) bond motifs is 1. The van der Waals surface area contributed by atoms with Crippen LogP contribution in [0.2, 0.25) is 0 Å².